The zero-order valence-electron chi connectivity index (χ0n) is 12.4. The second-order valence-electron chi connectivity index (χ2n) is 4.97. The summed E-state index contributed by atoms with van der Waals surface area (Å²) < 4.78 is 18.0. The van der Waals surface area contributed by atoms with Gasteiger partial charge in [0.1, 0.15) is 18.3 Å². The van der Waals surface area contributed by atoms with Gasteiger partial charge < -0.3 is 24.4 Å². The quantitative estimate of drug-likeness (QED) is 0.574. The van der Waals surface area contributed by atoms with Crippen molar-refractivity contribution in [2.75, 3.05) is 26.9 Å². The monoisotopic (exact) mass is 316 g/mol. The summed E-state index contributed by atoms with van der Waals surface area (Å²) in [7, 11) is 2.85. The molecule has 0 unspecified atom stereocenters. The Morgan fingerprint density at radius 1 is 1.36 bits per heavy atom. The van der Waals surface area contributed by atoms with Crippen molar-refractivity contribution < 1.29 is 24.4 Å². The first-order valence-corrected chi connectivity index (χ1v) is 6.84. The van der Waals surface area contributed by atoms with Crippen LogP contribution in [0, 0.1) is 0 Å². The molecule has 0 radical (unpaired) electrons. The van der Waals surface area contributed by atoms with E-state index in [4.69, 9.17) is 14.2 Å². The maximum absolute atomic E-state index is 12.2. The lowest BCUT2D eigenvalue weighted by molar-refractivity contribution is -0.0823. The first-order chi connectivity index (χ1) is 10.5. The molecule has 9 nitrogen and oxygen atoms in total. The SMILES string of the molecule is COCCO[C@@H]1[C@H](O)[C@@H](CO)O[C@H]1n1ccc(=O)n(C)c1=O. The molecular weight excluding hydrogens is 296 g/mol. The van der Waals surface area contributed by atoms with Crippen molar-refractivity contribution in [1.82, 2.24) is 9.13 Å². The smallest absolute Gasteiger partial charge is 0.332 e. The number of rotatable bonds is 6. The molecule has 0 amide bonds. The zero-order chi connectivity index (χ0) is 16.3. The van der Waals surface area contributed by atoms with Crippen LogP contribution in [0.1, 0.15) is 6.23 Å². The van der Waals surface area contributed by atoms with Gasteiger partial charge in [-0.05, 0) is 0 Å². The number of hydrogen-bond acceptors (Lipinski definition) is 7. The van der Waals surface area contributed by atoms with E-state index in [2.05, 4.69) is 0 Å². The summed E-state index contributed by atoms with van der Waals surface area (Å²) >= 11 is 0. The Morgan fingerprint density at radius 3 is 2.73 bits per heavy atom. The van der Waals surface area contributed by atoms with Crippen LogP contribution in [0.4, 0.5) is 0 Å². The van der Waals surface area contributed by atoms with Crippen LogP contribution in [0.5, 0.6) is 0 Å². The van der Waals surface area contributed by atoms with Gasteiger partial charge in [0.15, 0.2) is 6.23 Å². The normalized spacial score (nSPS) is 28.2. The van der Waals surface area contributed by atoms with Crippen molar-refractivity contribution in [3.63, 3.8) is 0 Å². The van der Waals surface area contributed by atoms with Crippen LogP contribution in [0.15, 0.2) is 21.9 Å². The van der Waals surface area contributed by atoms with Crippen molar-refractivity contribution in [2.45, 2.75) is 24.5 Å². The van der Waals surface area contributed by atoms with Crippen molar-refractivity contribution in [3.8, 4) is 0 Å². The van der Waals surface area contributed by atoms with Gasteiger partial charge in [0, 0.05) is 26.4 Å². The van der Waals surface area contributed by atoms with E-state index in [-0.39, 0.29) is 6.61 Å². The average Bonchev–Trinajstić information content (AvgIpc) is 2.82. The van der Waals surface area contributed by atoms with E-state index in [0.717, 1.165) is 9.13 Å². The van der Waals surface area contributed by atoms with Crippen LogP contribution in [0.2, 0.25) is 0 Å². The fourth-order valence-corrected chi connectivity index (χ4v) is 2.32. The molecular formula is C13H20N2O7. The summed E-state index contributed by atoms with van der Waals surface area (Å²) in [5.41, 5.74) is -1.04. The van der Waals surface area contributed by atoms with Gasteiger partial charge in [-0.15, -0.1) is 0 Å². The van der Waals surface area contributed by atoms with E-state index in [1.165, 1.54) is 26.4 Å². The summed E-state index contributed by atoms with van der Waals surface area (Å²) in [4.78, 5) is 23.6. The van der Waals surface area contributed by atoms with Gasteiger partial charge in [-0.2, -0.15) is 0 Å². The summed E-state index contributed by atoms with van der Waals surface area (Å²) in [6, 6.07) is 1.22. The highest BCUT2D eigenvalue weighted by Crippen LogP contribution is 2.30. The summed E-state index contributed by atoms with van der Waals surface area (Å²) in [6.07, 6.45) is -2.49. The Morgan fingerprint density at radius 2 is 2.09 bits per heavy atom. The minimum absolute atomic E-state index is 0.191. The van der Waals surface area contributed by atoms with Crippen LogP contribution >= 0.6 is 0 Å². The lowest BCUT2D eigenvalue weighted by Crippen LogP contribution is -2.42. The third-order valence-corrected chi connectivity index (χ3v) is 3.58. The Hall–Kier alpha value is -1.52. The highest BCUT2D eigenvalue weighted by atomic mass is 16.6. The number of aromatic nitrogens is 2. The molecule has 4 atom stereocenters. The van der Waals surface area contributed by atoms with Crippen molar-refractivity contribution >= 4 is 0 Å². The Bertz CT molecular complexity index is 611. The molecule has 0 spiro atoms. The van der Waals surface area contributed by atoms with E-state index < -0.39 is 42.4 Å². The molecule has 1 fully saturated rings. The first kappa shape index (κ1) is 16.8. The van der Waals surface area contributed by atoms with Gasteiger partial charge in [0.2, 0.25) is 0 Å². The third kappa shape index (κ3) is 3.13. The van der Waals surface area contributed by atoms with E-state index in [9.17, 15) is 19.8 Å². The van der Waals surface area contributed by atoms with Crippen LogP contribution < -0.4 is 11.2 Å². The summed E-state index contributed by atoms with van der Waals surface area (Å²) in [5.74, 6) is 0. The fraction of sp³-hybridized carbons (Fsp3) is 0.692. The highest BCUT2D eigenvalue weighted by molar-refractivity contribution is 4.94. The predicted octanol–water partition coefficient (Wildman–Crippen LogP) is -2.17. The van der Waals surface area contributed by atoms with E-state index >= 15 is 0 Å². The van der Waals surface area contributed by atoms with E-state index in [1.54, 1.807) is 0 Å². The molecule has 2 rings (SSSR count). The van der Waals surface area contributed by atoms with Gasteiger partial charge in [-0.25, -0.2) is 4.79 Å². The molecule has 0 bridgehead atoms. The molecule has 1 saturated heterocycles. The molecule has 1 aromatic rings. The van der Waals surface area contributed by atoms with Crippen molar-refractivity contribution in [2.24, 2.45) is 7.05 Å². The Labute approximate surface area is 126 Å². The van der Waals surface area contributed by atoms with Crippen LogP contribution in [-0.2, 0) is 21.3 Å². The molecule has 1 aliphatic rings. The van der Waals surface area contributed by atoms with E-state index in [1.807, 2.05) is 0 Å². The van der Waals surface area contributed by atoms with Crippen molar-refractivity contribution in [3.05, 3.63) is 33.1 Å². The molecule has 0 aromatic carbocycles. The van der Waals surface area contributed by atoms with Crippen LogP contribution in [0.3, 0.4) is 0 Å². The zero-order valence-corrected chi connectivity index (χ0v) is 12.4. The Balaban J connectivity index is 2.32. The standard InChI is InChI=1S/C13H20N2O7/c1-14-9(17)3-4-15(13(14)19)12-11(21-6-5-20-2)10(18)8(7-16)22-12/h3-4,8,10-12,16,18H,5-7H2,1-2H3/t8-,10-,11-,12-/m1/s1. The molecule has 2 N–H and O–H groups in total. The molecule has 1 aromatic heterocycles. The maximum Gasteiger partial charge on any atom is 0.332 e. The molecule has 22 heavy (non-hydrogen) atoms. The van der Waals surface area contributed by atoms with Gasteiger partial charge in [-0.3, -0.25) is 13.9 Å². The topological polar surface area (TPSA) is 112 Å². The van der Waals surface area contributed by atoms with E-state index in [0.29, 0.717) is 6.61 Å². The molecule has 0 saturated carbocycles. The third-order valence-electron chi connectivity index (χ3n) is 3.58. The first-order valence-electron chi connectivity index (χ1n) is 6.84. The minimum atomic E-state index is -1.10. The summed E-state index contributed by atoms with van der Waals surface area (Å²) in [6.45, 7) is 0.0843. The van der Waals surface area contributed by atoms with Crippen molar-refractivity contribution in [1.29, 1.82) is 0 Å². The van der Waals surface area contributed by atoms with Gasteiger partial charge in [0.05, 0.1) is 19.8 Å². The lowest BCUT2D eigenvalue weighted by atomic mass is 10.1. The minimum Gasteiger partial charge on any atom is -0.394 e. The van der Waals surface area contributed by atoms with Crippen LogP contribution in [0.25, 0.3) is 0 Å². The number of aliphatic hydroxyl groups excluding tert-OH is 2. The lowest BCUT2D eigenvalue weighted by Gasteiger charge is -2.22. The molecule has 124 valence electrons. The molecule has 2 heterocycles. The Kier molecular flexibility index (Phi) is 5.48. The van der Waals surface area contributed by atoms with Crippen LogP contribution in [-0.4, -0.2) is 64.6 Å². The second-order valence-corrected chi connectivity index (χ2v) is 4.97. The second kappa shape index (κ2) is 7.16. The molecule has 1 aliphatic heterocycles. The highest BCUT2D eigenvalue weighted by Gasteiger charge is 2.45. The van der Waals surface area contributed by atoms with Gasteiger partial charge >= 0.3 is 5.69 Å². The van der Waals surface area contributed by atoms with Gasteiger partial charge in [-0.1, -0.05) is 0 Å². The number of ether oxygens (including phenoxy) is 3. The molecule has 9 heteroatoms. The number of hydrogen-bond donors (Lipinski definition) is 2. The number of methoxy groups -OCH3 is 1. The summed E-state index contributed by atoms with van der Waals surface area (Å²) in [5, 5.41) is 19.4. The fourth-order valence-electron chi connectivity index (χ4n) is 2.32. The average molecular weight is 316 g/mol. The maximum atomic E-state index is 12.2. The number of nitrogens with zero attached hydrogens (tertiary/aromatic N) is 2. The largest absolute Gasteiger partial charge is 0.394 e. The van der Waals surface area contributed by atoms with Gasteiger partial charge in [0.25, 0.3) is 5.56 Å². The molecule has 0 aliphatic carbocycles. The predicted molar refractivity (Wildman–Crippen MR) is 74.6 cm³/mol. The number of aliphatic hydroxyl groups is 2.